The lowest BCUT2D eigenvalue weighted by Crippen LogP contribution is -2.44. The second-order valence-corrected chi connectivity index (χ2v) is 4.09. The highest BCUT2D eigenvalue weighted by Crippen LogP contribution is 2.12. The number of amides is 2. The Morgan fingerprint density at radius 2 is 2.12 bits per heavy atom. The Bertz CT molecular complexity index is 370. The van der Waals surface area contributed by atoms with E-state index in [2.05, 4.69) is 15.6 Å². The molecule has 0 saturated carbocycles. The first-order valence-electron chi connectivity index (χ1n) is 4.96. The fourth-order valence-corrected chi connectivity index (χ4v) is 1.19. The summed E-state index contributed by atoms with van der Waals surface area (Å²) in [5, 5.41) is 5.22. The third kappa shape index (κ3) is 2.82. The molecule has 1 aromatic rings. The fraction of sp³-hybridized carbons (Fsp3) is 0.500. The van der Waals surface area contributed by atoms with Crippen LogP contribution in [0.3, 0.4) is 0 Å². The molecule has 0 saturated heterocycles. The highest BCUT2D eigenvalue weighted by molar-refractivity contribution is 5.83. The summed E-state index contributed by atoms with van der Waals surface area (Å²) in [6.07, 6.45) is 4.47. The summed E-state index contributed by atoms with van der Waals surface area (Å²) in [6, 6.07) is -0.297. The van der Waals surface area contributed by atoms with Crippen molar-refractivity contribution in [2.45, 2.75) is 13.8 Å². The van der Waals surface area contributed by atoms with Crippen LogP contribution in [-0.4, -0.2) is 35.1 Å². The van der Waals surface area contributed by atoms with Gasteiger partial charge in [-0.15, -0.1) is 0 Å². The molecule has 0 spiro atoms. The van der Waals surface area contributed by atoms with Crippen LogP contribution in [0.25, 0.3) is 0 Å². The van der Waals surface area contributed by atoms with Crippen LogP contribution in [0.15, 0.2) is 18.7 Å². The second kappa shape index (κ2) is 4.78. The molecule has 0 aliphatic rings. The average molecular weight is 224 g/mol. The van der Waals surface area contributed by atoms with Crippen molar-refractivity contribution in [1.82, 2.24) is 20.2 Å². The first-order chi connectivity index (χ1) is 7.47. The monoisotopic (exact) mass is 224 g/mol. The Morgan fingerprint density at radius 1 is 1.44 bits per heavy atom. The maximum Gasteiger partial charge on any atom is 0.326 e. The third-order valence-electron chi connectivity index (χ3n) is 2.26. The molecule has 88 valence electrons. The van der Waals surface area contributed by atoms with Gasteiger partial charge in [-0.25, -0.2) is 9.78 Å². The molecule has 16 heavy (non-hydrogen) atoms. The van der Waals surface area contributed by atoms with E-state index >= 15 is 0 Å². The van der Waals surface area contributed by atoms with Crippen LogP contribution in [0, 0.1) is 5.41 Å². The molecule has 6 nitrogen and oxygen atoms in total. The van der Waals surface area contributed by atoms with Crippen molar-refractivity contribution in [1.29, 1.82) is 0 Å². The topological polar surface area (TPSA) is 76.0 Å². The Labute approximate surface area is 94.0 Å². The van der Waals surface area contributed by atoms with E-state index in [4.69, 9.17) is 0 Å². The zero-order valence-electron chi connectivity index (χ0n) is 9.65. The predicted octanol–water partition coefficient (Wildman–Crippen LogP) is 0.213. The van der Waals surface area contributed by atoms with Crippen LogP contribution >= 0.6 is 0 Å². The quantitative estimate of drug-likeness (QED) is 0.770. The van der Waals surface area contributed by atoms with E-state index in [-0.39, 0.29) is 18.5 Å². The molecule has 1 rings (SSSR count). The number of rotatable bonds is 3. The van der Waals surface area contributed by atoms with Crippen molar-refractivity contribution in [2.75, 3.05) is 13.6 Å². The SMILES string of the molecule is CNC(=O)C(C)(C)CNC(=O)n1ccnc1. The number of hydrogen-bond acceptors (Lipinski definition) is 3. The Hall–Kier alpha value is -1.85. The number of imidazole rings is 1. The molecule has 0 aromatic carbocycles. The van der Waals surface area contributed by atoms with Crippen LogP contribution in [0.2, 0.25) is 0 Å². The molecule has 1 heterocycles. The fourth-order valence-electron chi connectivity index (χ4n) is 1.19. The summed E-state index contributed by atoms with van der Waals surface area (Å²) in [5.41, 5.74) is -0.634. The molecular weight excluding hydrogens is 208 g/mol. The Balaban J connectivity index is 2.52. The first kappa shape index (κ1) is 12.2. The van der Waals surface area contributed by atoms with E-state index in [1.54, 1.807) is 27.1 Å². The molecule has 0 unspecified atom stereocenters. The van der Waals surface area contributed by atoms with E-state index in [0.29, 0.717) is 0 Å². The lowest BCUT2D eigenvalue weighted by molar-refractivity contribution is -0.128. The van der Waals surface area contributed by atoms with Crippen LogP contribution in [0.1, 0.15) is 13.8 Å². The highest BCUT2D eigenvalue weighted by Gasteiger charge is 2.27. The molecule has 1 aromatic heterocycles. The van der Waals surface area contributed by atoms with E-state index < -0.39 is 5.41 Å². The highest BCUT2D eigenvalue weighted by atomic mass is 16.2. The van der Waals surface area contributed by atoms with E-state index in [1.165, 1.54) is 17.1 Å². The Kier molecular flexibility index (Phi) is 3.65. The largest absolute Gasteiger partial charge is 0.359 e. The zero-order valence-corrected chi connectivity index (χ0v) is 9.65. The summed E-state index contributed by atoms with van der Waals surface area (Å²) in [7, 11) is 1.57. The van der Waals surface area contributed by atoms with E-state index in [9.17, 15) is 9.59 Å². The van der Waals surface area contributed by atoms with Crippen LogP contribution in [0.5, 0.6) is 0 Å². The van der Waals surface area contributed by atoms with Crippen molar-refractivity contribution in [3.8, 4) is 0 Å². The van der Waals surface area contributed by atoms with Crippen molar-refractivity contribution in [2.24, 2.45) is 5.41 Å². The van der Waals surface area contributed by atoms with Gasteiger partial charge < -0.3 is 10.6 Å². The van der Waals surface area contributed by atoms with Gasteiger partial charge in [0.2, 0.25) is 5.91 Å². The van der Waals surface area contributed by atoms with Gasteiger partial charge in [-0.2, -0.15) is 0 Å². The summed E-state index contributed by atoms with van der Waals surface area (Å²) < 4.78 is 1.32. The van der Waals surface area contributed by atoms with E-state index in [1.807, 2.05) is 0 Å². The van der Waals surface area contributed by atoms with Gasteiger partial charge in [-0.3, -0.25) is 9.36 Å². The molecule has 0 aliphatic heterocycles. The van der Waals surface area contributed by atoms with Crippen molar-refractivity contribution in [3.05, 3.63) is 18.7 Å². The lowest BCUT2D eigenvalue weighted by Gasteiger charge is -2.22. The number of carbonyl (C=O) groups is 2. The molecule has 2 amide bonds. The van der Waals surface area contributed by atoms with Gasteiger partial charge in [0.05, 0.1) is 5.41 Å². The first-order valence-corrected chi connectivity index (χ1v) is 4.96. The van der Waals surface area contributed by atoms with Crippen LogP contribution in [-0.2, 0) is 4.79 Å². The summed E-state index contributed by atoms with van der Waals surface area (Å²) in [6.45, 7) is 3.80. The Morgan fingerprint density at radius 3 is 2.62 bits per heavy atom. The molecule has 0 fully saturated rings. The van der Waals surface area contributed by atoms with E-state index in [0.717, 1.165) is 0 Å². The number of carbonyl (C=O) groups excluding carboxylic acids is 2. The molecule has 0 atom stereocenters. The normalized spacial score (nSPS) is 10.9. The molecule has 2 N–H and O–H groups in total. The predicted molar refractivity (Wildman–Crippen MR) is 58.9 cm³/mol. The molecule has 0 bridgehead atoms. The number of nitrogens with one attached hydrogen (secondary N) is 2. The summed E-state index contributed by atoms with van der Waals surface area (Å²) in [4.78, 5) is 26.8. The third-order valence-corrected chi connectivity index (χ3v) is 2.26. The van der Waals surface area contributed by atoms with Crippen LogP contribution in [0.4, 0.5) is 4.79 Å². The van der Waals surface area contributed by atoms with Gasteiger partial charge in [-0.05, 0) is 13.8 Å². The van der Waals surface area contributed by atoms with Crippen molar-refractivity contribution in [3.63, 3.8) is 0 Å². The van der Waals surface area contributed by atoms with Gasteiger partial charge in [-0.1, -0.05) is 0 Å². The number of hydrogen-bond donors (Lipinski definition) is 2. The van der Waals surface area contributed by atoms with Crippen molar-refractivity contribution < 1.29 is 9.59 Å². The maximum atomic E-state index is 11.5. The summed E-state index contributed by atoms with van der Waals surface area (Å²) >= 11 is 0. The minimum Gasteiger partial charge on any atom is -0.359 e. The molecular formula is C10H16N4O2. The lowest BCUT2D eigenvalue weighted by atomic mass is 9.92. The maximum absolute atomic E-state index is 11.5. The molecule has 0 radical (unpaired) electrons. The standard InChI is InChI=1S/C10H16N4O2/c1-10(2,8(15)11-3)6-13-9(16)14-5-4-12-7-14/h4-5,7H,6H2,1-3H3,(H,11,15)(H,13,16). The second-order valence-electron chi connectivity index (χ2n) is 4.09. The average Bonchev–Trinajstić information content (AvgIpc) is 2.78. The minimum atomic E-state index is -0.634. The molecule has 0 aliphatic carbocycles. The number of nitrogens with zero attached hydrogens (tertiary/aromatic N) is 2. The van der Waals surface area contributed by atoms with Gasteiger partial charge in [0, 0.05) is 26.0 Å². The minimum absolute atomic E-state index is 0.113. The molecule has 6 heteroatoms. The van der Waals surface area contributed by atoms with Gasteiger partial charge in [0.25, 0.3) is 0 Å². The van der Waals surface area contributed by atoms with Gasteiger partial charge >= 0.3 is 6.03 Å². The summed E-state index contributed by atoms with van der Waals surface area (Å²) in [5.74, 6) is -0.113. The van der Waals surface area contributed by atoms with Crippen molar-refractivity contribution >= 4 is 11.9 Å². The smallest absolute Gasteiger partial charge is 0.326 e. The zero-order chi connectivity index (χ0) is 12.2. The van der Waals surface area contributed by atoms with Gasteiger partial charge in [0.15, 0.2) is 0 Å². The number of aromatic nitrogens is 2. The van der Waals surface area contributed by atoms with Gasteiger partial charge in [0.1, 0.15) is 6.33 Å². The van der Waals surface area contributed by atoms with Crippen LogP contribution < -0.4 is 10.6 Å².